The predicted octanol–water partition coefficient (Wildman–Crippen LogP) is 3.03. The first-order valence-corrected chi connectivity index (χ1v) is 4.53. The van der Waals surface area contributed by atoms with Gasteiger partial charge in [0.15, 0.2) is 5.67 Å². The highest BCUT2D eigenvalue weighted by Gasteiger charge is 2.26. The van der Waals surface area contributed by atoms with Gasteiger partial charge in [0.1, 0.15) is 0 Å². The molecule has 2 nitrogen and oxygen atoms in total. The summed E-state index contributed by atoms with van der Waals surface area (Å²) in [6.45, 7) is 2.41. The van der Waals surface area contributed by atoms with Gasteiger partial charge >= 0.3 is 0 Å². The molecule has 0 atom stereocenters. The number of benzene rings is 1. The van der Waals surface area contributed by atoms with Crippen molar-refractivity contribution in [2.75, 3.05) is 5.32 Å². The van der Waals surface area contributed by atoms with Gasteiger partial charge in [-0.15, -0.1) is 0 Å². The molecule has 1 aromatic rings. The quantitative estimate of drug-likeness (QED) is 0.807. The molecule has 1 amide bonds. The van der Waals surface area contributed by atoms with Crippen molar-refractivity contribution in [1.29, 1.82) is 0 Å². The van der Waals surface area contributed by atoms with Crippen LogP contribution in [0.15, 0.2) is 24.3 Å². The molecule has 0 aliphatic rings. The van der Waals surface area contributed by atoms with Gasteiger partial charge in [0.25, 0.3) is 5.91 Å². The van der Waals surface area contributed by atoms with Crippen LogP contribution in [0.5, 0.6) is 0 Å². The third kappa shape index (κ3) is 3.00. The Morgan fingerprint density at radius 2 is 1.86 bits per heavy atom. The molecular formula is C10H11ClFNO. The van der Waals surface area contributed by atoms with Gasteiger partial charge in [-0.3, -0.25) is 4.79 Å². The zero-order chi connectivity index (χ0) is 10.8. The number of halogens is 2. The van der Waals surface area contributed by atoms with Crippen LogP contribution < -0.4 is 5.32 Å². The molecule has 4 heteroatoms. The summed E-state index contributed by atoms with van der Waals surface area (Å²) in [7, 11) is 0. The van der Waals surface area contributed by atoms with Crippen molar-refractivity contribution in [3.05, 3.63) is 29.3 Å². The van der Waals surface area contributed by atoms with Gasteiger partial charge < -0.3 is 5.32 Å². The van der Waals surface area contributed by atoms with Gasteiger partial charge in [-0.1, -0.05) is 11.6 Å². The Hall–Kier alpha value is -1.09. The van der Waals surface area contributed by atoms with E-state index in [4.69, 9.17) is 11.6 Å². The summed E-state index contributed by atoms with van der Waals surface area (Å²) in [6.07, 6.45) is 0. The molecule has 0 radical (unpaired) electrons. The summed E-state index contributed by atoms with van der Waals surface area (Å²) in [5.74, 6) is -0.667. The van der Waals surface area contributed by atoms with Crippen molar-refractivity contribution in [3.63, 3.8) is 0 Å². The minimum atomic E-state index is -1.88. The van der Waals surface area contributed by atoms with Crippen LogP contribution in [0.3, 0.4) is 0 Å². The first kappa shape index (κ1) is 11.0. The molecule has 0 saturated carbocycles. The third-order valence-corrected chi connectivity index (χ3v) is 1.89. The maximum atomic E-state index is 13.1. The normalized spacial score (nSPS) is 11.1. The number of carbonyl (C=O) groups is 1. The van der Waals surface area contributed by atoms with E-state index < -0.39 is 11.6 Å². The van der Waals surface area contributed by atoms with Gasteiger partial charge in [0.2, 0.25) is 0 Å². The molecule has 0 heterocycles. The fourth-order valence-electron chi connectivity index (χ4n) is 0.813. The molecule has 0 aliphatic heterocycles. The standard InChI is InChI=1S/C10H11ClFNO/c1-10(2,12)9(14)13-8-5-3-7(11)4-6-8/h3-6H,1-2H3,(H,13,14). The maximum absolute atomic E-state index is 13.1. The summed E-state index contributed by atoms with van der Waals surface area (Å²) in [5.41, 5.74) is -1.34. The SMILES string of the molecule is CC(C)(F)C(=O)Nc1ccc(Cl)cc1. The first-order chi connectivity index (χ1) is 6.39. The van der Waals surface area contributed by atoms with Crippen LogP contribution in [0.4, 0.5) is 10.1 Å². The Labute approximate surface area is 87.1 Å². The van der Waals surface area contributed by atoms with Crippen LogP contribution in [0, 0.1) is 0 Å². The van der Waals surface area contributed by atoms with E-state index in [1.54, 1.807) is 24.3 Å². The molecule has 1 rings (SSSR count). The van der Waals surface area contributed by atoms with Crippen LogP contribution >= 0.6 is 11.6 Å². The molecule has 14 heavy (non-hydrogen) atoms. The zero-order valence-electron chi connectivity index (χ0n) is 7.97. The van der Waals surface area contributed by atoms with E-state index in [-0.39, 0.29) is 0 Å². The van der Waals surface area contributed by atoms with E-state index >= 15 is 0 Å². The Balaban J connectivity index is 2.71. The van der Waals surface area contributed by atoms with Crippen LogP contribution in [0.2, 0.25) is 5.02 Å². The molecule has 0 saturated heterocycles. The minimum Gasteiger partial charge on any atom is -0.323 e. The number of nitrogens with one attached hydrogen (secondary N) is 1. The number of carbonyl (C=O) groups excluding carboxylic acids is 1. The van der Waals surface area contributed by atoms with E-state index in [1.165, 1.54) is 13.8 Å². The first-order valence-electron chi connectivity index (χ1n) is 4.15. The van der Waals surface area contributed by atoms with E-state index in [0.29, 0.717) is 10.7 Å². The molecular weight excluding hydrogens is 205 g/mol. The fraction of sp³-hybridized carbons (Fsp3) is 0.300. The Kier molecular flexibility index (Phi) is 3.11. The van der Waals surface area contributed by atoms with E-state index in [9.17, 15) is 9.18 Å². The van der Waals surface area contributed by atoms with E-state index in [2.05, 4.69) is 5.32 Å². The van der Waals surface area contributed by atoms with Crippen LogP contribution in [-0.2, 0) is 4.79 Å². The summed E-state index contributed by atoms with van der Waals surface area (Å²) >= 11 is 5.65. The van der Waals surface area contributed by atoms with Crippen molar-refractivity contribution >= 4 is 23.2 Å². The van der Waals surface area contributed by atoms with E-state index in [1.807, 2.05) is 0 Å². The zero-order valence-corrected chi connectivity index (χ0v) is 8.73. The highest BCUT2D eigenvalue weighted by Crippen LogP contribution is 2.16. The minimum absolute atomic E-state index is 0.533. The third-order valence-electron chi connectivity index (χ3n) is 1.64. The van der Waals surface area contributed by atoms with Gasteiger partial charge in [-0.2, -0.15) is 0 Å². The number of anilines is 1. The van der Waals surface area contributed by atoms with Crippen molar-refractivity contribution < 1.29 is 9.18 Å². The fourth-order valence-corrected chi connectivity index (χ4v) is 0.939. The van der Waals surface area contributed by atoms with Crippen molar-refractivity contribution in [3.8, 4) is 0 Å². The van der Waals surface area contributed by atoms with Gasteiger partial charge in [-0.05, 0) is 38.1 Å². The second kappa shape index (κ2) is 3.96. The molecule has 0 aromatic heterocycles. The van der Waals surface area contributed by atoms with Crippen LogP contribution in [0.25, 0.3) is 0 Å². The second-order valence-electron chi connectivity index (χ2n) is 3.43. The molecule has 0 aliphatic carbocycles. The van der Waals surface area contributed by atoms with Crippen molar-refractivity contribution in [2.24, 2.45) is 0 Å². The van der Waals surface area contributed by atoms with Crippen molar-refractivity contribution in [1.82, 2.24) is 0 Å². The topological polar surface area (TPSA) is 29.1 Å². The average Bonchev–Trinajstić information content (AvgIpc) is 2.07. The lowest BCUT2D eigenvalue weighted by Gasteiger charge is -2.13. The molecule has 0 spiro atoms. The lowest BCUT2D eigenvalue weighted by Crippen LogP contribution is -2.32. The lowest BCUT2D eigenvalue weighted by atomic mass is 10.1. The molecule has 76 valence electrons. The van der Waals surface area contributed by atoms with Gasteiger partial charge in [0, 0.05) is 10.7 Å². The van der Waals surface area contributed by atoms with Crippen LogP contribution in [0.1, 0.15) is 13.8 Å². The van der Waals surface area contributed by atoms with Gasteiger partial charge in [0.05, 0.1) is 0 Å². The van der Waals surface area contributed by atoms with Crippen molar-refractivity contribution in [2.45, 2.75) is 19.5 Å². The largest absolute Gasteiger partial charge is 0.323 e. The smallest absolute Gasteiger partial charge is 0.261 e. The number of amides is 1. The lowest BCUT2D eigenvalue weighted by molar-refractivity contribution is -0.125. The van der Waals surface area contributed by atoms with Crippen LogP contribution in [-0.4, -0.2) is 11.6 Å². The number of hydrogen-bond donors (Lipinski definition) is 1. The Morgan fingerprint density at radius 1 is 1.36 bits per heavy atom. The highest BCUT2D eigenvalue weighted by molar-refractivity contribution is 6.30. The van der Waals surface area contributed by atoms with E-state index in [0.717, 1.165) is 0 Å². The molecule has 0 bridgehead atoms. The molecule has 0 fully saturated rings. The Morgan fingerprint density at radius 3 is 2.29 bits per heavy atom. The summed E-state index contributed by atoms with van der Waals surface area (Å²) in [4.78, 5) is 11.2. The molecule has 0 unspecified atom stereocenters. The average molecular weight is 216 g/mol. The Bertz CT molecular complexity index is 329. The summed E-state index contributed by atoms with van der Waals surface area (Å²) in [5, 5.41) is 3.01. The number of alkyl halides is 1. The predicted molar refractivity (Wildman–Crippen MR) is 55.3 cm³/mol. The monoisotopic (exact) mass is 215 g/mol. The number of rotatable bonds is 2. The number of hydrogen-bond acceptors (Lipinski definition) is 1. The summed E-state index contributed by atoms with van der Waals surface area (Å²) < 4.78 is 13.1. The molecule has 1 N–H and O–H groups in total. The van der Waals surface area contributed by atoms with Gasteiger partial charge in [-0.25, -0.2) is 4.39 Å². The highest BCUT2D eigenvalue weighted by atomic mass is 35.5. The second-order valence-corrected chi connectivity index (χ2v) is 3.87. The molecule has 1 aromatic carbocycles. The maximum Gasteiger partial charge on any atom is 0.261 e. The summed E-state index contributed by atoms with van der Waals surface area (Å²) in [6, 6.07) is 6.49.